The van der Waals surface area contributed by atoms with Crippen molar-refractivity contribution in [1.29, 1.82) is 0 Å². The summed E-state index contributed by atoms with van der Waals surface area (Å²) < 4.78 is 0.317. The molecule has 21 heavy (non-hydrogen) atoms. The average Bonchev–Trinajstić information content (AvgIpc) is 2.41. The molecule has 0 aromatic heterocycles. The van der Waals surface area contributed by atoms with E-state index in [0.717, 1.165) is 5.56 Å². The summed E-state index contributed by atoms with van der Waals surface area (Å²) in [4.78, 5) is 22.1. The highest BCUT2D eigenvalue weighted by Crippen LogP contribution is 2.27. The van der Waals surface area contributed by atoms with Crippen LogP contribution in [0.1, 0.15) is 5.56 Å². The Hall–Kier alpha value is -2.41. The Morgan fingerprint density at radius 2 is 1.90 bits per heavy atom. The van der Waals surface area contributed by atoms with Crippen LogP contribution in [0.2, 0.25) is 0 Å². The second-order valence-electron chi connectivity index (χ2n) is 4.39. The number of nitro groups is 1. The molecule has 2 aromatic rings. The molecule has 108 valence electrons. The van der Waals surface area contributed by atoms with Gasteiger partial charge < -0.3 is 11.1 Å². The standard InChI is InChI=1S/C14H12BrN3O3/c15-12-8-11(5-6-13(12)18(20)21)17-14(19)7-9-1-3-10(16)4-2-9/h1-6,8H,7,16H2,(H,17,19). The van der Waals surface area contributed by atoms with E-state index in [4.69, 9.17) is 5.73 Å². The van der Waals surface area contributed by atoms with Crippen molar-refractivity contribution < 1.29 is 9.72 Å². The predicted octanol–water partition coefficient (Wildman–Crippen LogP) is 3.12. The molecule has 0 saturated carbocycles. The van der Waals surface area contributed by atoms with Crippen molar-refractivity contribution in [2.75, 3.05) is 11.1 Å². The molecule has 0 unspecified atom stereocenters. The molecule has 0 aliphatic carbocycles. The van der Waals surface area contributed by atoms with Gasteiger partial charge in [0.15, 0.2) is 0 Å². The lowest BCUT2D eigenvalue weighted by Gasteiger charge is -2.06. The minimum atomic E-state index is -0.496. The van der Waals surface area contributed by atoms with Crippen molar-refractivity contribution >= 4 is 38.9 Å². The first-order valence-electron chi connectivity index (χ1n) is 6.04. The Balaban J connectivity index is 2.04. The molecule has 0 radical (unpaired) electrons. The van der Waals surface area contributed by atoms with Crippen LogP contribution in [0.4, 0.5) is 17.1 Å². The summed E-state index contributed by atoms with van der Waals surface area (Å²) in [5.74, 6) is -0.208. The molecule has 6 nitrogen and oxygen atoms in total. The van der Waals surface area contributed by atoms with Gasteiger partial charge in [-0.1, -0.05) is 12.1 Å². The van der Waals surface area contributed by atoms with Gasteiger partial charge in [-0.05, 0) is 45.8 Å². The third-order valence-corrected chi connectivity index (χ3v) is 3.41. The number of amides is 1. The number of halogens is 1. The topological polar surface area (TPSA) is 98.3 Å². The van der Waals surface area contributed by atoms with Crippen LogP contribution in [0, 0.1) is 10.1 Å². The van der Waals surface area contributed by atoms with E-state index in [1.807, 2.05) is 0 Å². The summed E-state index contributed by atoms with van der Waals surface area (Å²) in [6, 6.07) is 11.3. The zero-order valence-electron chi connectivity index (χ0n) is 10.9. The predicted molar refractivity (Wildman–Crippen MR) is 84.0 cm³/mol. The number of nitro benzene ring substituents is 1. The van der Waals surface area contributed by atoms with Gasteiger partial charge in [0.25, 0.3) is 5.69 Å². The van der Waals surface area contributed by atoms with Crippen LogP contribution in [0.5, 0.6) is 0 Å². The zero-order valence-corrected chi connectivity index (χ0v) is 12.5. The van der Waals surface area contributed by atoms with Gasteiger partial charge in [0, 0.05) is 17.4 Å². The molecule has 3 N–H and O–H groups in total. The van der Waals surface area contributed by atoms with Gasteiger partial charge >= 0.3 is 0 Å². The van der Waals surface area contributed by atoms with E-state index in [9.17, 15) is 14.9 Å². The van der Waals surface area contributed by atoms with Crippen LogP contribution >= 0.6 is 15.9 Å². The number of nitrogens with zero attached hydrogens (tertiary/aromatic N) is 1. The highest BCUT2D eigenvalue weighted by Gasteiger charge is 2.12. The monoisotopic (exact) mass is 349 g/mol. The van der Waals surface area contributed by atoms with Crippen LogP contribution in [-0.4, -0.2) is 10.8 Å². The summed E-state index contributed by atoms with van der Waals surface area (Å²) in [6.45, 7) is 0. The fraction of sp³-hybridized carbons (Fsp3) is 0.0714. The van der Waals surface area contributed by atoms with Gasteiger partial charge in [-0.15, -0.1) is 0 Å². The molecule has 0 heterocycles. The quantitative estimate of drug-likeness (QED) is 0.503. The minimum Gasteiger partial charge on any atom is -0.399 e. The molecule has 2 aromatic carbocycles. The molecule has 0 spiro atoms. The summed E-state index contributed by atoms with van der Waals surface area (Å²) in [5.41, 5.74) is 7.49. The normalized spacial score (nSPS) is 10.1. The minimum absolute atomic E-state index is 0.0495. The van der Waals surface area contributed by atoms with Gasteiger partial charge in [0.05, 0.1) is 15.8 Å². The number of carbonyl (C=O) groups excluding carboxylic acids is 1. The van der Waals surface area contributed by atoms with Crippen LogP contribution in [0.25, 0.3) is 0 Å². The molecule has 0 aliphatic rings. The Labute approximate surface area is 129 Å². The molecule has 0 aliphatic heterocycles. The number of nitrogens with one attached hydrogen (secondary N) is 1. The molecule has 2 rings (SSSR count). The van der Waals surface area contributed by atoms with Gasteiger partial charge in [-0.2, -0.15) is 0 Å². The van der Waals surface area contributed by atoms with E-state index in [2.05, 4.69) is 21.2 Å². The number of nitrogen functional groups attached to an aromatic ring is 1. The number of hydrogen-bond donors (Lipinski definition) is 2. The van der Waals surface area contributed by atoms with Crippen LogP contribution < -0.4 is 11.1 Å². The largest absolute Gasteiger partial charge is 0.399 e. The second kappa shape index (κ2) is 6.36. The Morgan fingerprint density at radius 1 is 1.24 bits per heavy atom. The highest BCUT2D eigenvalue weighted by molar-refractivity contribution is 9.10. The van der Waals surface area contributed by atoms with Crippen molar-refractivity contribution in [2.45, 2.75) is 6.42 Å². The van der Waals surface area contributed by atoms with E-state index >= 15 is 0 Å². The van der Waals surface area contributed by atoms with E-state index in [1.165, 1.54) is 18.2 Å². The Morgan fingerprint density at radius 3 is 2.48 bits per heavy atom. The van der Waals surface area contributed by atoms with E-state index in [1.54, 1.807) is 24.3 Å². The lowest BCUT2D eigenvalue weighted by atomic mass is 10.1. The SMILES string of the molecule is Nc1ccc(CC(=O)Nc2ccc([N+](=O)[O-])c(Br)c2)cc1. The maximum absolute atomic E-state index is 11.9. The summed E-state index contributed by atoms with van der Waals surface area (Å²) >= 11 is 3.11. The van der Waals surface area contributed by atoms with Gasteiger partial charge in [-0.3, -0.25) is 14.9 Å². The van der Waals surface area contributed by atoms with Gasteiger partial charge in [-0.25, -0.2) is 0 Å². The van der Waals surface area contributed by atoms with Crippen molar-refractivity contribution in [1.82, 2.24) is 0 Å². The highest BCUT2D eigenvalue weighted by atomic mass is 79.9. The first kappa shape index (κ1) is 15.0. The molecule has 7 heteroatoms. The third kappa shape index (κ3) is 4.03. The van der Waals surface area contributed by atoms with Crippen molar-refractivity contribution in [3.63, 3.8) is 0 Å². The number of nitrogens with two attached hydrogens (primary N) is 1. The van der Waals surface area contributed by atoms with E-state index in [-0.39, 0.29) is 18.0 Å². The lowest BCUT2D eigenvalue weighted by molar-refractivity contribution is -0.385. The van der Waals surface area contributed by atoms with Crippen LogP contribution in [-0.2, 0) is 11.2 Å². The number of carbonyl (C=O) groups is 1. The summed E-state index contributed by atoms with van der Waals surface area (Å²) in [6.07, 6.45) is 0.203. The average molecular weight is 350 g/mol. The van der Waals surface area contributed by atoms with Crippen molar-refractivity contribution in [3.05, 3.63) is 62.6 Å². The lowest BCUT2D eigenvalue weighted by Crippen LogP contribution is -2.14. The van der Waals surface area contributed by atoms with Gasteiger partial charge in [0.2, 0.25) is 5.91 Å². The Bertz CT molecular complexity index is 686. The summed E-state index contributed by atoms with van der Waals surface area (Å²) in [5, 5.41) is 13.4. The fourth-order valence-electron chi connectivity index (χ4n) is 1.76. The molecule has 0 atom stereocenters. The molecular weight excluding hydrogens is 338 g/mol. The molecule has 0 fully saturated rings. The first-order chi connectivity index (χ1) is 9.95. The van der Waals surface area contributed by atoms with E-state index in [0.29, 0.717) is 15.8 Å². The fourth-order valence-corrected chi connectivity index (χ4v) is 2.28. The first-order valence-corrected chi connectivity index (χ1v) is 6.83. The smallest absolute Gasteiger partial charge is 0.283 e. The van der Waals surface area contributed by atoms with Crippen LogP contribution in [0.3, 0.4) is 0 Å². The zero-order chi connectivity index (χ0) is 15.4. The van der Waals surface area contributed by atoms with Gasteiger partial charge in [0.1, 0.15) is 0 Å². The number of anilines is 2. The Kier molecular flexibility index (Phi) is 4.54. The van der Waals surface area contributed by atoms with Crippen LogP contribution in [0.15, 0.2) is 46.9 Å². The third-order valence-electron chi connectivity index (χ3n) is 2.77. The molecule has 0 bridgehead atoms. The molecule has 0 saturated heterocycles. The second-order valence-corrected chi connectivity index (χ2v) is 5.24. The maximum Gasteiger partial charge on any atom is 0.283 e. The van der Waals surface area contributed by atoms with Crippen molar-refractivity contribution in [3.8, 4) is 0 Å². The number of hydrogen-bond acceptors (Lipinski definition) is 4. The summed E-state index contributed by atoms with van der Waals surface area (Å²) in [7, 11) is 0. The molecular formula is C14H12BrN3O3. The maximum atomic E-state index is 11.9. The number of benzene rings is 2. The molecule has 1 amide bonds. The van der Waals surface area contributed by atoms with E-state index < -0.39 is 4.92 Å². The van der Waals surface area contributed by atoms with Crippen molar-refractivity contribution in [2.24, 2.45) is 0 Å². The number of rotatable bonds is 4.